The van der Waals surface area contributed by atoms with Crippen LogP contribution in [0, 0.1) is 0 Å². The highest BCUT2D eigenvalue weighted by atomic mass is 32.2. The first-order chi connectivity index (χ1) is 14.4. The van der Waals surface area contributed by atoms with Crippen molar-refractivity contribution in [2.24, 2.45) is 0 Å². The van der Waals surface area contributed by atoms with E-state index in [4.69, 9.17) is 0 Å². The van der Waals surface area contributed by atoms with E-state index in [1.54, 1.807) is 36.2 Å². The molecule has 1 aromatic carbocycles. The standard InChI is InChI=1S/C21H29N5O3S/c1-3-4-12-25(2)21(27)17-15-19(20(23-16-17)26-13-10-22-11-14-26)24-30(28,29)18-8-6-5-7-9-18/h5-9,15-16,22,24H,3-4,10-14H2,1-2H3. The maximum absolute atomic E-state index is 12.9. The van der Waals surface area contributed by atoms with Crippen LogP contribution in [-0.4, -0.2) is 64.0 Å². The highest BCUT2D eigenvalue weighted by molar-refractivity contribution is 7.92. The van der Waals surface area contributed by atoms with Crippen molar-refractivity contribution >= 4 is 27.4 Å². The summed E-state index contributed by atoms with van der Waals surface area (Å²) >= 11 is 0. The third-order valence-electron chi connectivity index (χ3n) is 5.02. The maximum atomic E-state index is 12.9. The predicted molar refractivity (Wildman–Crippen MR) is 118 cm³/mol. The number of carbonyl (C=O) groups excluding carboxylic acids is 1. The largest absolute Gasteiger partial charge is 0.352 e. The second kappa shape index (κ2) is 9.90. The Bertz CT molecular complexity index is 960. The number of benzene rings is 1. The average Bonchev–Trinajstić information content (AvgIpc) is 2.78. The predicted octanol–water partition coefficient (Wildman–Crippen LogP) is 2.16. The van der Waals surface area contributed by atoms with E-state index >= 15 is 0 Å². The lowest BCUT2D eigenvalue weighted by molar-refractivity contribution is 0.0793. The molecule has 0 saturated carbocycles. The number of nitrogens with one attached hydrogen (secondary N) is 2. The van der Waals surface area contributed by atoms with Crippen molar-refractivity contribution in [3.63, 3.8) is 0 Å². The Balaban J connectivity index is 1.95. The maximum Gasteiger partial charge on any atom is 0.262 e. The minimum Gasteiger partial charge on any atom is -0.352 e. The molecule has 0 spiro atoms. The Morgan fingerprint density at radius 3 is 2.60 bits per heavy atom. The van der Waals surface area contributed by atoms with Crippen LogP contribution in [-0.2, 0) is 10.0 Å². The Hall–Kier alpha value is -2.65. The van der Waals surface area contributed by atoms with Gasteiger partial charge in [0.2, 0.25) is 0 Å². The molecule has 1 amide bonds. The topological polar surface area (TPSA) is 94.6 Å². The van der Waals surface area contributed by atoms with Crippen molar-refractivity contribution in [2.75, 3.05) is 49.4 Å². The second-order valence-electron chi connectivity index (χ2n) is 7.33. The van der Waals surface area contributed by atoms with Crippen molar-refractivity contribution in [3.8, 4) is 0 Å². The van der Waals surface area contributed by atoms with Gasteiger partial charge in [0.15, 0.2) is 5.82 Å². The smallest absolute Gasteiger partial charge is 0.262 e. The number of hydrogen-bond acceptors (Lipinski definition) is 6. The lowest BCUT2D eigenvalue weighted by atomic mass is 10.2. The molecule has 162 valence electrons. The van der Waals surface area contributed by atoms with Crippen LogP contribution >= 0.6 is 0 Å². The zero-order valence-electron chi connectivity index (χ0n) is 17.5. The number of amides is 1. The molecule has 2 heterocycles. The second-order valence-corrected chi connectivity index (χ2v) is 9.01. The van der Waals surface area contributed by atoms with Crippen LogP contribution in [0.25, 0.3) is 0 Å². The molecule has 1 aromatic heterocycles. The molecule has 0 aliphatic carbocycles. The fraction of sp³-hybridized carbons (Fsp3) is 0.429. The normalized spacial score (nSPS) is 14.4. The number of sulfonamides is 1. The van der Waals surface area contributed by atoms with Gasteiger partial charge < -0.3 is 15.1 Å². The number of aromatic nitrogens is 1. The summed E-state index contributed by atoms with van der Waals surface area (Å²) in [4.78, 5) is 21.1. The fourth-order valence-electron chi connectivity index (χ4n) is 3.30. The lowest BCUT2D eigenvalue weighted by Crippen LogP contribution is -2.44. The van der Waals surface area contributed by atoms with E-state index in [2.05, 4.69) is 21.9 Å². The molecule has 9 heteroatoms. The van der Waals surface area contributed by atoms with Crippen molar-refractivity contribution in [1.82, 2.24) is 15.2 Å². The van der Waals surface area contributed by atoms with Gasteiger partial charge in [-0.2, -0.15) is 0 Å². The third-order valence-corrected chi connectivity index (χ3v) is 6.40. The van der Waals surface area contributed by atoms with Gasteiger partial charge in [-0.1, -0.05) is 31.5 Å². The molecule has 30 heavy (non-hydrogen) atoms. The molecular weight excluding hydrogens is 402 g/mol. The summed E-state index contributed by atoms with van der Waals surface area (Å²) in [6, 6.07) is 9.77. The quantitative estimate of drug-likeness (QED) is 0.665. The monoisotopic (exact) mass is 431 g/mol. The van der Waals surface area contributed by atoms with Crippen LogP contribution in [0.1, 0.15) is 30.1 Å². The van der Waals surface area contributed by atoms with E-state index in [-0.39, 0.29) is 10.8 Å². The first kappa shape index (κ1) is 22.0. The van der Waals surface area contributed by atoms with Gasteiger partial charge in [0.25, 0.3) is 15.9 Å². The molecule has 1 aliphatic rings. The molecule has 0 bridgehead atoms. The summed E-state index contributed by atoms with van der Waals surface area (Å²) in [5.41, 5.74) is 0.675. The number of rotatable bonds is 8. The van der Waals surface area contributed by atoms with Crippen LogP contribution in [0.5, 0.6) is 0 Å². The van der Waals surface area contributed by atoms with Gasteiger partial charge in [-0.25, -0.2) is 13.4 Å². The molecule has 2 N–H and O–H groups in total. The summed E-state index contributed by atoms with van der Waals surface area (Å²) < 4.78 is 28.5. The number of unbranched alkanes of at least 4 members (excludes halogenated alkanes) is 1. The van der Waals surface area contributed by atoms with Crippen molar-refractivity contribution < 1.29 is 13.2 Å². The Morgan fingerprint density at radius 2 is 1.93 bits per heavy atom. The van der Waals surface area contributed by atoms with Crippen molar-refractivity contribution in [2.45, 2.75) is 24.7 Å². The fourth-order valence-corrected chi connectivity index (χ4v) is 4.37. The summed E-state index contributed by atoms with van der Waals surface area (Å²) in [5, 5.41) is 3.27. The Morgan fingerprint density at radius 1 is 1.23 bits per heavy atom. The van der Waals surface area contributed by atoms with Gasteiger partial charge in [0, 0.05) is 46.0 Å². The van der Waals surface area contributed by atoms with Gasteiger partial charge >= 0.3 is 0 Å². The zero-order chi connectivity index (χ0) is 21.6. The number of pyridine rings is 1. The van der Waals surface area contributed by atoms with Crippen LogP contribution < -0.4 is 14.9 Å². The minimum absolute atomic E-state index is 0.160. The van der Waals surface area contributed by atoms with Crippen LogP contribution in [0.4, 0.5) is 11.5 Å². The van der Waals surface area contributed by atoms with Gasteiger partial charge in [-0.15, -0.1) is 0 Å². The number of nitrogens with zero attached hydrogens (tertiary/aromatic N) is 3. The van der Waals surface area contributed by atoms with Gasteiger partial charge in [0.1, 0.15) is 0 Å². The average molecular weight is 432 g/mol. The molecule has 0 unspecified atom stereocenters. The molecule has 0 radical (unpaired) electrons. The van der Waals surface area contributed by atoms with E-state index in [9.17, 15) is 13.2 Å². The third kappa shape index (κ3) is 5.28. The molecular formula is C21H29N5O3S. The number of anilines is 2. The molecule has 1 fully saturated rings. The number of piperazine rings is 1. The first-order valence-electron chi connectivity index (χ1n) is 10.2. The number of carbonyl (C=O) groups is 1. The van der Waals surface area contributed by atoms with Crippen LogP contribution in [0.15, 0.2) is 47.5 Å². The van der Waals surface area contributed by atoms with Gasteiger partial charge in [-0.05, 0) is 24.6 Å². The van der Waals surface area contributed by atoms with Gasteiger partial charge in [0.05, 0.1) is 16.1 Å². The molecule has 3 rings (SSSR count). The number of hydrogen-bond donors (Lipinski definition) is 2. The molecule has 8 nitrogen and oxygen atoms in total. The van der Waals surface area contributed by atoms with E-state index in [0.717, 1.165) is 25.9 Å². The summed E-state index contributed by atoms with van der Waals surface area (Å²) in [6.45, 7) is 5.69. The summed E-state index contributed by atoms with van der Waals surface area (Å²) in [5.74, 6) is 0.353. The molecule has 2 aromatic rings. The zero-order valence-corrected chi connectivity index (χ0v) is 18.3. The van der Waals surface area contributed by atoms with E-state index in [0.29, 0.717) is 36.7 Å². The van der Waals surface area contributed by atoms with Crippen LogP contribution in [0.3, 0.4) is 0 Å². The van der Waals surface area contributed by atoms with E-state index in [1.165, 1.54) is 18.3 Å². The molecule has 1 saturated heterocycles. The van der Waals surface area contributed by atoms with E-state index in [1.807, 2.05) is 4.90 Å². The van der Waals surface area contributed by atoms with Crippen LogP contribution in [0.2, 0.25) is 0 Å². The summed E-state index contributed by atoms with van der Waals surface area (Å²) in [7, 11) is -2.06. The first-order valence-corrected chi connectivity index (χ1v) is 11.7. The van der Waals surface area contributed by atoms with Crippen molar-refractivity contribution in [3.05, 3.63) is 48.2 Å². The highest BCUT2D eigenvalue weighted by Crippen LogP contribution is 2.28. The molecule has 0 atom stereocenters. The van der Waals surface area contributed by atoms with E-state index < -0.39 is 10.0 Å². The minimum atomic E-state index is -3.81. The molecule has 1 aliphatic heterocycles. The van der Waals surface area contributed by atoms with Crippen molar-refractivity contribution in [1.29, 1.82) is 0 Å². The SMILES string of the molecule is CCCCN(C)C(=O)c1cnc(N2CCNCC2)c(NS(=O)(=O)c2ccccc2)c1. The lowest BCUT2D eigenvalue weighted by Gasteiger charge is -2.30. The Labute approximate surface area is 178 Å². The highest BCUT2D eigenvalue weighted by Gasteiger charge is 2.23. The summed E-state index contributed by atoms with van der Waals surface area (Å²) in [6.07, 6.45) is 3.42. The van der Waals surface area contributed by atoms with Gasteiger partial charge in [-0.3, -0.25) is 9.52 Å². The Kier molecular flexibility index (Phi) is 7.28.